The molecule has 0 bridgehead atoms. The fraction of sp³-hybridized carbons (Fsp3) is 0.516. The molecule has 2 aliphatic rings. The van der Waals surface area contributed by atoms with E-state index in [1.165, 1.54) is 0 Å². The van der Waals surface area contributed by atoms with E-state index in [1.54, 1.807) is 30.3 Å². The molecule has 0 unspecified atom stereocenters. The third-order valence-corrected chi connectivity index (χ3v) is 10.9. The molecule has 1 amide bonds. The molecule has 1 N–H and O–H groups in total. The fourth-order valence-corrected chi connectivity index (χ4v) is 8.22. The highest BCUT2D eigenvalue weighted by molar-refractivity contribution is 7.91. The normalized spacial score (nSPS) is 23.6. The first-order valence-electron chi connectivity index (χ1n) is 14.6. The van der Waals surface area contributed by atoms with Gasteiger partial charge < -0.3 is 15.1 Å². The van der Waals surface area contributed by atoms with Crippen LogP contribution in [-0.4, -0.2) is 77.6 Å². The van der Waals surface area contributed by atoms with E-state index in [0.29, 0.717) is 47.0 Å². The third-order valence-electron chi connectivity index (χ3n) is 8.81. The van der Waals surface area contributed by atoms with Crippen LogP contribution in [-0.2, 0) is 21.1 Å². The van der Waals surface area contributed by atoms with Crippen molar-refractivity contribution < 1.29 is 13.2 Å². The van der Waals surface area contributed by atoms with Gasteiger partial charge in [0.15, 0.2) is 9.84 Å². The minimum absolute atomic E-state index is 0.000359. The molecule has 2 heterocycles. The van der Waals surface area contributed by atoms with E-state index in [-0.39, 0.29) is 29.7 Å². The predicted molar refractivity (Wildman–Crippen MR) is 164 cm³/mol. The van der Waals surface area contributed by atoms with Crippen molar-refractivity contribution >= 4 is 44.1 Å². The zero-order valence-electron chi connectivity index (χ0n) is 24.3. The zero-order valence-corrected chi connectivity index (χ0v) is 25.8. The second-order valence-corrected chi connectivity index (χ2v) is 14.1. The molecule has 2 aromatic carbocycles. The summed E-state index contributed by atoms with van der Waals surface area (Å²) in [4.78, 5) is 27.8. The molecule has 4 atom stereocenters. The van der Waals surface area contributed by atoms with E-state index in [1.807, 2.05) is 30.0 Å². The molecule has 8 nitrogen and oxygen atoms in total. The van der Waals surface area contributed by atoms with E-state index < -0.39 is 15.9 Å². The number of nitrogens with one attached hydrogen (secondary N) is 1. The predicted octanol–water partition coefficient (Wildman–Crippen LogP) is 5.21. The van der Waals surface area contributed by atoms with Gasteiger partial charge in [-0.25, -0.2) is 18.4 Å². The Balaban J connectivity index is 1.39. The maximum atomic E-state index is 13.9. The van der Waals surface area contributed by atoms with Crippen LogP contribution in [0.3, 0.4) is 0 Å². The number of carbonyl (C=O) groups is 1. The van der Waals surface area contributed by atoms with Crippen LogP contribution in [0.15, 0.2) is 53.4 Å². The van der Waals surface area contributed by atoms with Crippen molar-refractivity contribution in [3.8, 4) is 0 Å². The Morgan fingerprint density at radius 2 is 1.85 bits per heavy atom. The van der Waals surface area contributed by atoms with E-state index >= 15 is 0 Å². The lowest BCUT2D eigenvalue weighted by atomic mass is 9.81. The van der Waals surface area contributed by atoms with Crippen molar-refractivity contribution in [1.82, 2.24) is 19.8 Å². The summed E-state index contributed by atoms with van der Waals surface area (Å²) in [6.45, 7) is 6.91. The average molecular weight is 598 g/mol. The highest BCUT2D eigenvalue weighted by atomic mass is 35.5. The summed E-state index contributed by atoms with van der Waals surface area (Å²) in [5.41, 5.74) is 0.782. The number of rotatable bonds is 9. The number of aromatic nitrogens is 2. The molecule has 3 aromatic rings. The molecule has 0 spiro atoms. The summed E-state index contributed by atoms with van der Waals surface area (Å²) in [5.74, 6) is 1.18. The molecule has 41 heavy (non-hydrogen) atoms. The standard InChI is InChI=1S/C31H40ClN5O3S/c1-5-29-33-26-13-11-22(32)18-25(26)30(35-29)34-27-15-16-37(31(27)38)28-14-12-23(36(4)20(2)3)17-21(28)19-41(39,40)24-9-7-6-8-10-24/h6-11,13,18,20-21,23,27-28H,5,12,14-17,19H2,1-4H3,(H,33,34,35)/t21-,23-,27+,28+/m1/s1. The highest BCUT2D eigenvalue weighted by Crippen LogP contribution is 2.36. The van der Waals surface area contributed by atoms with Gasteiger partial charge in [-0.3, -0.25) is 4.79 Å². The van der Waals surface area contributed by atoms with Gasteiger partial charge in [0.25, 0.3) is 0 Å². The van der Waals surface area contributed by atoms with Crippen molar-refractivity contribution in [3.63, 3.8) is 0 Å². The van der Waals surface area contributed by atoms with Gasteiger partial charge in [-0.2, -0.15) is 0 Å². The van der Waals surface area contributed by atoms with Crippen LogP contribution in [0.1, 0.15) is 52.3 Å². The summed E-state index contributed by atoms with van der Waals surface area (Å²) in [6.07, 6.45) is 3.74. The van der Waals surface area contributed by atoms with Gasteiger partial charge in [0, 0.05) is 41.5 Å². The molecule has 2 fully saturated rings. The first-order chi connectivity index (χ1) is 19.6. The van der Waals surface area contributed by atoms with E-state index in [4.69, 9.17) is 16.6 Å². The Morgan fingerprint density at radius 1 is 1.10 bits per heavy atom. The van der Waals surface area contributed by atoms with E-state index in [0.717, 1.165) is 30.2 Å². The first kappa shape index (κ1) is 29.7. The van der Waals surface area contributed by atoms with Crippen LogP contribution in [0.2, 0.25) is 5.02 Å². The van der Waals surface area contributed by atoms with Crippen molar-refractivity contribution in [1.29, 1.82) is 0 Å². The topological polar surface area (TPSA) is 95.5 Å². The van der Waals surface area contributed by atoms with Gasteiger partial charge in [0.2, 0.25) is 5.91 Å². The monoisotopic (exact) mass is 597 g/mol. The van der Waals surface area contributed by atoms with Crippen LogP contribution in [0, 0.1) is 5.92 Å². The molecule has 1 saturated carbocycles. The number of fused-ring (bicyclic) bond motifs is 1. The molecule has 1 aliphatic carbocycles. The Morgan fingerprint density at radius 3 is 2.56 bits per heavy atom. The third kappa shape index (κ3) is 6.37. The van der Waals surface area contributed by atoms with Crippen LogP contribution < -0.4 is 5.32 Å². The number of carbonyl (C=O) groups excluding carboxylic acids is 1. The molecule has 0 radical (unpaired) electrons. The zero-order chi connectivity index (χ0) is 29.3. The van der Waals surface area contributed by atoms with Gasteiger partial charge in [-0.1, -0.05) is 36.7 Å². The summed E-state index contributed by atoms with van der Waals surface area (Å²) in [7, 11) is -1.40. The smallest absolute Gasteiger partial charge is 0.245 e. The molecule has 220 valence electrons. The lowest BCUT2D eigenvalue weighted by Crippen LogP contribution is -2.52. The van der Waals surface area contributed by atoms with Crippen LogP contribution in [0.25, 0.3) is 10.9 Å². The number of nitrogens with zero attached hydrogens (tertiary/aromatic N) is 4. The molecule has 5 rings (SSSR count). The minimum Gasteiger partial charge on any atom is -0.358 e. The van der Waals surface area contributed by atoms with E-state index in [2.05, 4.69) is 36.1 Å². The van der Waals surface area contributed by atoms with Gasteiger partial charge in [0.05, 0.1) is 16.2 Å². The molecule has 1 aliphatic heterocycles. The number of amides is 1. The maximum absolute atomic E-state index is 13.9. The summed E-state index contributed by atoms with van der Waals surface area (Å²) in [6, 6.07) is 14.2. The molecular formula is C31H40ClN5O3S. The Bertz CT molecular complexity index is 1500. The van der Waals surface area contributed by atoms with Crippen LogP contribution >= 0.6 is 11.6 Å². The average Bonchev–Trinajstić information content (AvgIpc) is 3.32. The lowest BCUT2D eigenvalue weighted by molar-refractivity contribution is -0.132. The van der Waals surface area contributed by atoms with Gasteiger partial charge in [-0.05, 0) is 82.8 Å². The lowest BCUT2D eigenvalue weighted by Gasteiger charge is -2.44. The van der Waals surface area contributed by atoms with Gasteiger partial charge in [0.1, 0.15) is 17.7 Å². The second kappa shape index (κ2) is 12.2. The van der Waals surface area contributed by atoms with Gasteiger partial charge >= 0.3 is 0 Å². The first-order valence-corrected chi connectivity index (χ1v) is 16.6. The Kier molecular flexibility index (Phi) is 8.87. The maximum Gasteiger partial charge on any atom is 0.245 e. The summed E-state index contributed by atoms with van der Waals surface area (Å²) < 4.78 is 27.0. The van der Waals surface area contributed by atoms with Crippen molar-refractivity contribution in [2.75, 3.05) is 24.7 Å². The van der Waals surface area contributed by atoms with Crippen molar-refractivity contribution in [2.24, 2.45) is 5.92 Å². The number of halogens is 1. The second-order valence-electron chi connectivity index (χ2n) is 11.7. The van der Waals surface area contributed by atoms with Crippen LogP contribution in [0.4, 0.5) is 5.82 Å². The number of aryl methyl sites for hydroxylation is 1. The fourth-order valence-electron chi connectivity index (χ4n) is 6.36. The van der Waals surface area contributed by atoms with Gasteiger partial charge in [-0.15, -0.1) is 0 Å². The Labute approximate surface area is 248 Å². The molecule has 10 heteroatoms. The number of anilines is 1. The molecule has 1 saturated heterocycles. The Hall–Kier alpha value is -2.75. The highest BCUT2D eigenvalue weighted by Gasteiger charge is 2.44. The summed E-state index contributed by atoms with van der Waals surface area (Å²) >= 11 is 6.29. The van der Waals surface area contributed by atoms with Crippen molar-refractivity contribution in [2.45, 2.75) is 81.9 Å². The SMILES string of the molecule is CCc1nc(N[C@H]2CCN([C@H]3CC[C@@H](N(C)C(C)C)C[C@@H]3CS(=O)(=O)c3ccccc3)C2=O)c2cc(Cl)ccc2n1. The van der Waals surface area contributed by atoms with Crippen molar-refractivity contribution in [3.05, 3.63) is 59.4 Å². The number of hydrogen-bond acceptors (Lipinski definition) is 7. The van der Waals surface area contributed by atoms with Crippen LogP contribution in [0.5, 0.6) is 0 Å². The largest absolute Gasteiger partial charge is 0.358 e. The number of sulfone groups is 1. The molecular weight excluding hydrogens is 558 g/mol. The minimum atomic E-state index is -3.51. The number of hydrogen-bond donors (Lipinski definition) is 1. The molecule has 1 aromatic heterocycles. The summed E-state index contributed by atoms with van der Waals surface area (Å²) in [5, 5.41) is 4.77. The number of likely N-dealkylation sites (tertiary alicyclic amines) is 1. The quantitative estimate of drug-likeness (QED) is 0.362. The van der Waals surface area contributed by atoms with E-state index in [9.17, 15) is 13.2 Å². The number of benzene rings is 2.